The molecule has 0 saturated carbocycles. The van der Waals surface area contributed by atoms with Crippen molar-refractivity contribution in [2.45, 2.75) is 51.8 Å². The molecular formula is C19H31N2O4+. The fourth-order valence-corrected chi connectivity index (χ4v) is 2.82. The fourth-order valence-electron chi connectivity index (χ4n) is 2.82. The van der Waals surface area contributed by atoms with Crippen molar-refractivity contribution in [2.75, 3.05) is 26.9 Å². The zero-order valence-electron chi connectivity index (χ0n) is 15.8. The molecule has 3 N–H and O–H groups in total. The highest BCUT2D eigenvalue weighted by atomic mass is 16.5. The van der Waals surface area contributed by atoms with Gasteiger partial charge in [-0.1, -0.05) is 0 Å². The van der Waals surface area contributed by atoms with Gasteiger partial charge < -0.3 is 24.8 Å². The van der Waals surface area contributed by atoms with Gasteiger partial charge in [0.25, 0.3) is 5.91 Å². The van der Waals surface area contributed by atoms with Gasteiger partial charge in [0.15, 0.2) is 18.1 Å². The Morgan fingerprint density at radius 3 is 2.80 bits per heavy atom. The summed E-state index contributed by atoms with van der Waals surface area (Å²) in [6.45, 7) is 8.52. The van der Waals surface area contributed by atoms with Crippen molar-refractivity contribution < 1.29 is 24.3 Å². The molecule has 0 bridgehead atoms. The highest BCUT2D eigenvalue weighted by molar-refractivity contribution is 5.78. The molecule has 0 aliphatic carbocycles. The second-order valence-electron chi connectivity index (χ2n) is 7.44. The van der Waals surface area contributed by atoms with Crippen LogP contribution in [0.25, 0.3) is 0 Å². The van der Waals surface area contributed by atoms with Crippen LogP contribution in [0.5, 0.6) is 11.5 Å². The number of carbonyl (C=O) groups is 1. The van der Waals surface area contributed by atoms with Gasteiger partial charge in [0.1, 0.15) is 19.2 Å². The van der Waals surface area contributed by atoms with Crippen LogP contribution in [0.2, 0.25) is 0 Å². The average molecular weight is 351 g/mol. The first-order chi connectivity index (χ1) is 11.9. The van der Waals surface area contributed by atoms with Gasteiger partial charge in [0.05, 0.1) is 7.11 Å². The van der Waals surface area contributed by atoms with Crippen LogP contribution < -0.4 is 20.1 Å². The number of rotatable bonds is 8. The quantitative estimate of drug-likeness (QED) is 0.739. The van der Waals surface area contributed by atoms with Gasteiger partial charge in [-0.25, -0.2) is 0 Å². The summed E-state index contributed by atoms with van der Waals surface area (Å²) >= 11 is 0. The molecule has 1 amide bonds. The molecule has 6 nitrogen and oxygen atoms in total. The number of quaternary nitrogens is 1. The summed E-state index contributed by atoms with van der Waals surface area (Å²) in [4.78, 5) is 11.9. The lowest BCUT2D eigenvalue weighted by atomic mass is 10.1. The Morgan fingerprint density at radius 2 is 2.16 bits per heavy atom. The number of nitrogens with one attached hydrogen (secondary N) is 1. The number of hydrogen-bond donors (Lipinski definition) is 2. The number of ether oxygens (including phenoxy) is 3. The lowest BCUT2D eigenvalue weighted by molar-refractivity contribution is -0.676. The van der Waals surface area contributed by atoms with E-state index in [9.17, 15) is 4.79 Å². The van der Waals surface area contributed by atoms with E-state index in [0.29, 0.717) is 17.6 Å². The fraction of sp³-hybridized carbons (Fsp3) is 0.632. The number of nitrogens with two attached hydrogens (primary N) is 1. The van der Waals surface area contributed by atoms with Gasteiger partial charge in [-0.15, -0.1) is 0 Å². The van der Waals surface area contributed by atoms with Gasteiger partial charge in [0.2, 0.25) is 0 Å². The molecule has 140 valence electrons. The minimum Gasteiger partial charge on any atom is -0.493 e. The third-order valence-corrected chi connectivity index (χ3v) is 3.93. The van der Waals surface area contributed by atoms with Crippen molar-refractivity contribution in [3.8, 4) is 11.5 Å². The number of methoxy groups -OCH3 is 1. The third kappa shape index (κ3) is 6.92. The van der Waals surface area contributed by atoms with E-state index in [4.69, 9.17) is 14.2 Å². The highest BCUT2D eigenvalue weighted by Crippen LogP contribution is 2.27. The van der Waals surface area contributed by atoms with E-state index in [1.54, 1.807) is 7.11 Å². The Morgan fingerprint density at radius 1 is 1.36 bits per heavy atom. The summed E-state index contributed by atoms with van der Waals surface area (Å²) in [5.41, 5.74) is 0.883. The van der Waals surface area contributed by atoms with Crippen LogP contribution >= 0.6 is 0 Å². The van der Waals surface area contributed by atoms with Crippen LogP contribution in [0.3, 0.4) is 0 Å². The van der Waals surface area contributed by atoms with Crippen LogP contribution in [-0.2, 0) is 16.1 Å². The van der Waals surface area contributed by atoms with Crippen molar-refractivity contribution >= 4 is 5.91 Å². The molecule has 2 rings (SSSR count). The number of benzene rings is 1. The van der Waals surface area contributed by atoms with E-state index in [1.165, 1.54) is 6.42 Å². The summed E-state index contributed by atoms with van der Waals surface area (Å²) in [5.74, 6) is 1.07. The second-order valence-corrected chi connectivity index (χ2v) is 7.44. The summed E-state index contributed by atoms with van der Waals surface area (Å²) in [5, 5.41) is 5.12. The first-order valence-corrected chi connectivity index (χ1v) is 8.91. The minimum absolute atomic E-state index is 0.0296. The van der Waals surface area contributed by atoms with Crippen LogP contribution in [-0.4, -0.2) is 44.4 Å². The van der Waals surface area contributed by atoms with Crippen molar-refractivity contribution in [3.05, 3.63) is 23.8 Å². The molecule has 0 radical (unpaired) electrons. The van der Waals surface area contributed by atoms with Crippen molar-refractivity contribution in [1.82, 2.24) is 5.32 Å². The number of hydrogen-bond acceptors (Lipinski definition) is 4. The average Bonchev–Trinajstić information content (AvgIpc) is 3.05. The first-order valence-electron chi connectivity index (χ1n) is 8.91. The summed E-state index contributed by atoms with van der Waals surface area (Å²) in [7, 11) is 1.61. The molecule has 6 heteroatoms. The van der Waals surface area contributed by atoms with E-state index in [2.05, 4.69) is 10.6 Å². The molecule has 0 spiro atoms. The molecule has 1 aliphatic rings. The molecule has 0 unspecified atom stereocenters. The molecule has 1 saturated heterocycles. The molecule has 1 fully saturated rings. The lowest BCUT2D eigenvalue weighted by Gasteiger charge is -2.20. The monoisotopic (exact) mass is 351 g/mol. The zero-order valence-corrected chi connectivity index (χ0v) is 15.8. The first kappa shape index (κ1) is 19.5. The molecule has 1 aromatic carbocycles. The number of carbonyl (C=O) groups excluding carboxylic acids is 1. The van der Waals surface area contributed by atoms with Gasteiger partial charge in [-0.3, -0.25) is 4.79 Å². The Hall–Kier alpha value is -1.79. The van der Waals surface area contributed by atoms with Crippen LogP contribution in [0.1, 0.15) is 39.2 Å². The smallest absolute Gasteiger partial charge is 0.258 e. The normalized spacial score (nSPS) is 17.4. The Labute approximate surface area is 150 Å². The van der Waals surface area contributed by atoms with Crippen LogP contribution in [0.15, 0.2) is 18.2 Å². The lowest BCUT2D eigenvalue weighted by Crippen LogP contribution is -2.84. The van der Waals surface area contributed by atoms with Crippen molar-refractivity contribution in [3.63, 3.8) is 0 Å². The Kier molecular flexibility index (Phi) is 7.08. The molecule has 1 aromatic rings. The number of amides is 1. The minimum atomic E-state index is -0.271. The van der Waals surface area contributed by atoms with Crippen LogP contribution in [0.4, 0.5) is 0 Å². The summed E-state index contributed by atoms with van der Waals surface area (Å²) < 4.78 is 16.6. The highest BCUT2D eigenvalue weighted by Gasteiger charge is 2.17. The molecule has 1 heterocycles. The Balaban J connectivity index is 1.84. The maximum atomic E-state index is 11.9. The van der Waals surface area contributed by atoms with E-state index < -0.39 is 0 Å². The second kappa shape index (κ2) is 9.06. The van der Waals surface area contributed by atoms with Gasteiger partial charge in [0, 0.05) is 17.7 Å². The predicted molar refractivity (Wildman–Crippen MR) is 95.9 cm³/mol. The standard InChI is InChI=1S/C19H30N2O4/c1-19(2,3)21-18(22)13-25-16-8-7-14(10-17(16)23-4)11-20-12-15-6-5-9-24-15/h7-8,10,15,20H,5-6,9,11-13H2,1-4H3,(H,21,22)/p+1/t15-/m1/s1. The molecular weight excluding hydrogens is 320 g/mol. The van der Waals surface area contributed by atoms with E-state index in [1.807, 2.05) is 39.0 Å². The zero-order chi connectivity index (χ0) is 18.3. The molecule has 0 aromatic heterocycles. The maximum Gasteiger partial charge on any atom is 0.258 e. The SMILES string of the molecule is COc1cc(C[NH2+]C[C@H]2CCCO2)ccc1OCC(=O)NC(C)(C)C. The molecule has 1 atom stereocenters. The van der Waals surface area contributed by atoms with Gasteiger partial charge in [-0.05, 0) is 51.8 Å². The van der Waals surface area contributed by atoms with Crippen LogP contribution in [0, 0.1) is 0 Å². The van der Waals surface area contributed by atoms with Crippen molar-refractivity contribution in [1.29, 1.82) is 0 Å². The van der Waals surface area contributed by atoms with E-state index >= 15 is 0 Å². The van der Waals surface area contributed by atoms with E-state index in [0.717, 1.165) is 31.7 Å². The van der Waals surface area contributed by atoms with Crippen molar-refractivity contribution in [2.24, 2.45) is 0 Å². The topological polar surface area (TPSA) is 73.4 Å². The van der Waals surface area contributed by atoms with Gasteiger partial charge in [-0.2, -0.15) is 0 Å². The predicted octanol–water partition coefficient (Wildman–Crippen LogP) is 1.23. The molecule has 1 aliphatic heterocycles. The molecule has 25 heavy (non-hydrogen) atoms. The van der Waals surface area contributed by atoms with E-state index in [-0.39, 0.29) is 18.1 Å². The van der Waals surface area contributed by atoms with Gasteiger partial charge >= 0.3 is 0 Å². The summed E-state index contributed by atoms with van der Waals surface area (Å²) in [6, 6.07) is 5.83. The Bertz CT molecular complexity index is 563. The maximum absolute atomic E-state index is 11.9. The summed E-state index contributed by atoms with van der Waals surface area (Å²) in [6.07, 6.45) is 2.70. The third-order valence-electron chi connectivity index (χ3n) is 3.93. The largest absolute Gasteiger partial charge is 0.493 e.